The van der Waals surface area contributed by atoms with Crippen LogP contribution in [0.2, 0.25) is 0 Å². The number of carboxylic acid groups (broad SMARTS) is 1. The van der Waals surface area contributed by atoms with Crippen LogP contribution in [0.3, 0.4) is 0 Å². The van der Waals surface area contributed by atoms with Crippen molar-refractivity contribution in [2.45, 2.75) is 19.3 Å². The van der Waals surface area contributed by atoms with Crippen molar-refractivity contribution in [2.24, 2.45) is 11.1 Å². The van der Waals surface area contributed by atoms with Gasteiger partial charge in [-0.3, -0.25) is 9.78 Å². The van der Waals surface area contributed by atoms with Crippen LogP contribution in [0, 0.1) is 5.41 Å². The molecule has 18 heavy (non-hydrogen) atoms. The highest BCUT2D eigenvalue weighted by atomic mass is 16.4. The summed E-state index contributed by atoms with van der Waals surface area (Å²) in [4.78, 5) is 26.6. The SMILES string of the molecule is NCC1(C(=O)Nc2cncc(C(=O)O)c2)CCC1. The number of rotatable bonds is 4. The molecule has 1 aromatic heterocycles. The Morgan fingerprint density at radius 1 is 1.44 bits per heavy atom. The maximum atomic E-state index is 12.1. The monoisotopic (exact) mass is 249 g/mol. The van der Waals surface area contributed by atoms with E-state index in [1.54, 1.807) is 0 Å². The van der Waals surface area contributed by atoms with Gasteiger partial charge in [0.1, 0.15) is 0 Å². The third-order valence-electron chi connectivity index (χ3n) is 3.43. The largest absolute Gasteiger partial charge is 0.478 e. The predicted octanol–water partition coefficient (Wildman–Crippen LogP) is 0.847. The molecule has 0 spiro atoms. The third-order valence-corrected chi connectivity index (χ3v) is 3.43. The number of nitrogens with zero attached hydrogens (tertiary/aromatic N) is 1. The molecule has 1 amide bonds. The number of anilines is 1. The van der Waals surface area contributed by atoms with Gasteiger partial charge in [-0.15, -0.1) is 0 Å². The van der Waals surface area contributed by atoms with E-state index in [4.69, 9.17) is 10.8 Å². The molecule has 0 atom stereocenters. The van der Waals surface area contributed by atoms with Gasteiger partial charge in [0.15, 0.2) is 0 Å². The van der Waals surface area contributed by atoms with Gasteiger partial charge in [-0.1, -0.05) is 6.42 Å². The minimum Gasteiger partial charge on any atom is -0.478 e. The van der Waals surface area contributed by atoms with Gasteiger partial charge in [-0.05, 0) is 18.9 Å². The zero-order chi connectivity index (χ0) is 13.2. The Bertz CT molecular complexity index is 478. The number of hydrogen-bond donors (Lipinski definition) is 3. The van der Waals surface area contributed by atoms with Crippen LogP contribution in [0.5, 0.6) is 0 Å². The molecule has 1 aliphatic rings. The third kappa shape index (κ3) is 2.19. The van der Waals surface area contributed by atoms with Gasteiger partial charge in [0, 0.05) is 12.7 Å². The second-order valence-corrected chi connectivity index (χ2v) is 4.56. The van der Waals surface area contributed by atoms with E-state index >= 15 is 0 Å². The lowest BCUT2D eigenvalue weighted by atomic mass is 9.68. The fourth-order valence-corrected chi connectivity index (χ4v) is 2.02. The molecule has 0 radical (unpaired) electrons. The molecule has 1 aliphatic carbocycles. The molecular formula is C12H15N3O3. The second kappa shape index (κ2) is 4.73. The number of carbonyl (C=O) groups is 2. The van der Waals surface area contributed by atoms with E-state index in [-0.39, 0.29) is 11.5 Å². The molecule has 0 saturated heterocycles. The van der Waals surface area contributed by atoms with Crippen LogP contribution in [0.15, 0.2) is 18.5 Å². The number of aromatic carboxylic acids is 1. The Morgan fingerprint density at radius 3 is 2.67 bits per heavy atom. The van der Waals surface area contributed by atoms with Gasteiger partial charge in [0.25, 0.3) is 0 Å². The fraction of sp³-hybridized carbons (Fsp3) is 0.417. The minimum absolute atomic E-state index is 0.0446. The van der Waals surface area contributed by atoms with Crippen molar-refractivity contribution in [1.29, 1.82) is 0 Å². The van der Waals surface area contributed by atoms with Crippen LogP contribution in [0.4, 0.5) is 5.69 Å². The van der Waals surface area contributed by atoms with Gasteiger partial charge in [-0.2, -0.15) is 0 Å². The summed E-state index contributed by atoms with van der Waals surface area (Å²) in [5.41, 5.74) is 5.58. The van der Waals surface area contributed by atoms with E-state index in [2.05, 4.69) is 10.3 Å². The molecule has 0 bridgehead atoms. The summed E-state index contributed by atoms with van der Waals surface area (Å²) < 4.78 is 0. The minimum atomic E-state index is -1.07. The maximum absolute atomic E-state index is 12.1. The summed E-state index contributed by atoms with van der Waals surface area (Å²) in [5, 5.41) is 11.5. The predicted molar refractivity (Wildman–Crippen MR) is 65.2 cm³/mol. The van der Waals surface area contributed by atoms with Crippen molar-refractivity contribution in [3.8, 4) is 0 Å². The van der Waals surface area contributed by atoms with Crippen molar-refractivity contribution >= 4 is 17.6 Å². The molecule has 0 unspecified atom stereocenters. The highest BCUT2D eigenvalue weighted by Crippen LogP contribution is 2.40. The lowest BCUT2D eigenvalue weighted by molar-refractivity contribution is -0.129. The molecule has 0 aliphatic heterocycles. The van der Waals surface area contributed by atoms with Crippen LogP contribution in [0.1, 0.15) is 29.6 Å². The number of aromatic nitrogens is 1. The molecule has 2 rings (SSSR count). The summed E-state index contributed by atoms with van der Waals surface area (Å²) in [6.45, 7) is 0.310. The zero-order valence-electron chi connectivity index (χ0n) is 9.85. The van der Waals surface area contributed by atoms with Crippen molar-refractivity contribution in [2.75, 3.05) is 11.9 Å². The molecule has 4 N–H and O–H groups in total. The summed E-state index contributed by atoms with van der Waals surface area (Å²) >= 11 is 0. The normalized spacial score (nSPS) is 16.7. The van der Waals surface area contributed by atoms with E-state index in [9.17, 15) is 9.59 Å². The molecule has 1 aromatic rings. The second-order valence-electron chi connectivity index (χ2n) is 4.56. The summed E-state index contributed by atoms with van der Waals surface area (Å²) in [6.07, 6.45) is 5.22. The van der Waals surface area contributed by atoms with Crippen molar-refractivity contribution < 1.29 is 14.7 Å². The van der Waals surface area contributed by atoms with Crippen LogP contribution < -0.4 is 11.1 Å². The Hall–Kier alpha value is -1.95. The Kier molecular flexibility index (Phi) is 3.29. The first kappa shape index (κ1) is 12.5. The lowest BCUT2D eigenvalue weighted by Crippen LogP contribution is -2.47. The highest BCUT2D eigenvalue weighted by Gasteiger charge is 2.42. The number of pyridine rings is 1. The average molecular weight is 249 g/mol. The zero-order valence-corrected chi connectivity index (χ0v) is 9.85. The fourth-order valence-electron chi connectivity index (χ4n) is 2.02. The van der Waals surface area contributed by atoms with Crippen LogP contribution >= 0.6 is 0 Å². The number of nitrogens with two attached hydrogens (primary N) is 1. The number of carbonyl (C=O) groups excluding carboxylic acids is 1. The standard InChI is InChI=1S/C12H15N3O3/c13-7-12(2-1-3-12)11(18)15-9-4-8(10(16)17)5-14-6-9/h4-6H,1-3,7,13H2,(H,15,18)(H,16,17). The molecule has 0 aromatic carbocycles. The van der Waals surface area contributed by atoms with Crippen LogP contribution in [0.25, 0.3) is 0 Å². The number of carboxylic acids is 1. The first-order valence-electron chi connectivity index (χ1n) is 5.77. The molecule has 1 fully saturated rings. The Morgan fingerprint density at radius 2 is 2.17 bits per heavy atom. The number of amides is 1. The van der Waals surface area contributed by atoms with Gasteiger partial charge < -0.3 is 16.2 Å². The molecule has 1 heterocycles. The molecular weight excluding hydrogens is 234 g/mol. The molecule has 6 nitrogen and oxygen atoms in total. The van der Waals surface area contributed by atoms with Gasteiger partial charge >= 0.3 is 5.97 Å². The molecule has 1 saturated carbocycles. The van der Waals surface area contributed by atoms with E-state index in [0.717, 1.165) is 19.3 Å². The lowest BCUT2D eigenvalue weighted by Gasteiger charge is -2.39. The average Bonchev–Trinajstić information content (AvgIpc) is 2.28. The van der Waals surface area contributed by atoms with E-state index in [1.807, 2.05) is 0 Å². The van der Waals surface area contributed by atoms with Crippen molar-refractivity contribution in [1.82, 2.24) is 4.98 Å². The summed E-state index contributed by atoms with van der Waals surface area (Å²) in [7, 11) is 0. The van der Waals surface area contributed by atoms with E-state index < -0.39 is 11.4 Å². The van der Waals surface area contributed by atoms with Crippen molar-refractivity contribution in [3.05, 3.63) is 24.0 Å². The molecule has 6 heteroatoms. The van der Waals surface area contributed by atoms with Crippen molar-refractivity contribution in [3.63, 3.8) is 0 Å². The number of nitrogens with one attached hydrogen (secondary N) is 1. The van der Waals surface area contributed by atoms with Crippen LogP contribution in [-0.2, 0) is 4.79 Å². The highest BCUT2D eigenvalue weighted by molar-refractivity contribution is 5.97. The Balaban J connectivity index is 2.12. The summed E-state index contributed by atoms with van der Waals surface area (Å²) in [6, 6.07) is 1.39. The number of hydrogen-bond acceptors (Lipinski definition) is 4. The van der Waals surface area contributed by atoms with E-state index in [1.165, 1.54) is 18.5 Å². The molecule has 96 valence electrons. The first-order valence-corrected chi connectivity index (χ1v) is 5.77. The van der Waals surface area contributed by atoms with Gasteiger partial charge in [0.2, 0.25) is 5.91 Å². The van der Waals surface area contributed by atoms with Crippen LogP contribution in [-0.4, -0.2) is 28.5 Å². The first-order chi connectivity index (χ1) is 8.57. The van der Waals surface area contributed by atoms with E-state index in [0.29, 0.717) is 12.2 Å². The topological polar surface area (TPSA) is 105 Å². The Labute approximate surface area is 104 Å². The quantitative estimate of drug-likeness (QED) is 0.733. The van der Waals surface area contributed by atoms with Gasteiger partial charge in [0.05, 0.1) is 22.9 Å². The van der Waals surface area contributed by atoms with Gasteiger partial charge in [-0.25, -0.2) is 4.79 Å². The smallest absolute Gasteiger partial charge is 0.337 e. The summed E-state index contributed by atoms with van der Waals surface area (Å²) in [5.74, 6) is -1.23. The maximum Gasteiger partial charge on any atom is 0.337 e.